The third kappa shape index (κ3) is 3.31. The zero-order chi connectivity index (χ0) is 23.2. The fraction of sp³-hybridized carbons (Fsp3) is 0.192. The number of hydrogen-bond acceptors (Lipinski definition) is 4. The molecule has 1 aliphatic heterocycles. The summed E-state index contributed by atoms with van der Waals surface area (Å²) in [6, 6.07) is 15.4. The maximum atomic E-state index is 13.9. The number of para-hydroxylation sites is 1. The summed E-state index contributed by atoms with van der Waals surface area (Å²) >= 11 is 0. The van der Waals surface area contributed by atoms with Gasteiger partial charge in [0.2, 0.25) is 0 Å². The Morgan fingerprint density at radius 3 is 2.48 bits per heavy atom. The highest BCUT2D eigenvalue weighted by Crippen LogP contribution is 2.42. The smallest absolute Gasteiger partial charge is 0.410 e. The van der Waals surface area contributed by atoms with Crippen molar-refractivity contribution >= 4 is 33.1 Å². The van der Waals surface area contributed by atoms with Crippen molar-refractivity contribution in [1.82, 2.24) is 8.87 Å². The van der Waals surface area contributed by atoms with E-state index in [4.69, 9.17) is 4.74 Å². The summed E-state index contributed by atoms with van der Waals surface area (Å²) < 4.78 is 34.2. The Labute approximate surface area is 193 Å². The minimum atomic E-state index is -3.89. The van der Waals surface area contributed by atoms with Crippen LogP contribution in [0, 0.1) is 5.92 Å². The predicted molar refractivity (Wildman–Crippen MR) is 128 cm³/mol. The maximum Gasteiger partial charge on any atom is 0.410 e. The highest BCUT2D eigenvalue weighted by molar-refractivity contribution is 7.90. The first-order valence-corrected chi connectivity index (χ1v) is 12.2. The summed E-state index contributed by atoms with van der Waals surface area (Å²) in [5.41, 5.74) is 2.93. The molecule has 0 fully saturated rings. The van der Waals surface area contributed by atoms with Crippen molar-refractivity contribution in [2.45, 2.75) is 17.9 Å². The lowest BCUT2D eigenvalue weighted by Crippen LogP contribution is -2.35. The van der Waals surface area contributed by atoms with E-state index in [0.717, 1.165) is 16.5 Å². The van der Waals surface area contributed by atoms with E-state index in [1.165, 1.54) is 11.1 Å². The van der Waals surface area contributed by atoms with Crippen LogP contribution in [0.3, 0.4) is 0 Å². The number of benzene rings is 2. The second kappa shape index (κ2) is 8.08. The van der Waals surface area contributed by atoms with Gasteiger partial charge in [0.1, 0.15) is 0 Å². The Morgan fingerprint density at radius 1 is 1.03 bits per heavy atom. The Morgan fingerprint density at radius 2 is 1.76 bits per heavy atom. The van der Waals surface area contributed by atoms with E-state index in [1.807, 2.05) is 49.4 Å². The van der Waals surface area contributed by atoms with Crippen molar-refractivity contribution in [1.29, 1.82) is 0 Å². The number of carbonyl (C=O) groups is 1. The third-order valence-corrected chi connectivity index (χ3v) is 8.09. The Bertz CT molecular complexity index is 1430. The number of ether oxygens (including phenoxy) is 1. The lowest BCUT2D eigenvalue weighted by Gasteiger charge is -2.28. The van der Waals surface area contributed by atoms with Gasteiger partial charge in [-0.3, -0.25) is 4.90 Å². The van der Waals surface area contributed by atoms with Gasteiger partial charge in [0, 0.05) is 23.4 Å². The number of hydrogen-bond donors (Lipinski definition) is 0. The normalized spacial score (nSPS) is 22.0. The molecule has 2 aliphatic rings. The lowest BCUT2D eigenvalue weighted by atomic mass is 9.94. The number of allylic oxidation sites excluding steroid dienone is 3. The molecule has 6 nitrogen and oxygen atoms in total. The number of rotatable bonds is 2. The van der Waals surface area contributed by atoms with Crippen molar-refractivity contribution in [3.8, 4) is 0 Å². The molecule has 2 atom stereocenters. The van der Waals surface area contributed by atoms with Crippen LogP contribution in [0.5, 0.6) is 0 Å². The predicted octanol–water partition coefficient (Wildman–Crippen LogP) is 5.15. The molecule has 0 saturated heterocycles. The summed E-state index contributed by atoms with van der Waals surface area (Å²) in [4.78, 5) is 14.7. The number of nitrogens with zero attached hydrogens (tertiary/aromatic N) is 2. The van der Waals surface area contributed by atoms with Crippen molar-refractivity contribution in [3.05, 3.63) is 95.7 Å². The zero-order valence-corrected chi connectivity index (χ0v) is 19.2. The van der Waals surface area contributed by atoms with Crippen LogP contribution < -0.4 is 0 Å². The van der Waals surface area contributed by atoms with E-state index in [-0.39, 0.29) is 10.8 Å². The average Bonchev–Trinajstić information content (AvgIpc) is 3.07. The van der Waals surface area contributed by atoms with E-state index in [2.05, 4.69) is 6.08 Å². The Hall–Kier alpha value is -3.58. The first-order valence-electron chi connectivity index (χ1n) is 10.8. The van der Waals surface area contributed by atoms with Gasteiger partial charge in [-0.1, -0.05) is 60.7 Å². The Kier molecular flexibility index (Phi) is 5.21. The van der Waals surface area contributed by atoms with Crippen LogP contribution in [0.2, 0.25) is 0 Å². The van der Waals surface area contributed by atoms with Crippen molar-refractivity contribution < 1.29 is 17.9 Å². The van der Waals surface area contributed by atoms with Crippen molar-refractivity contribution in [2.24, 2.45) is 5.92 Å². The lowest BCUT2D eigenvalue weighted by molar-refractivity contribution is 0.118. The average molecular weight is 461 g/mol. The molecular weight excluding hydrogens is 436 g/mol. The van der Waals surface area contributed by atoms with Gasteiger partial charge in [0.05, 0.1) is 29.3 Å². The fourth-order valence-corrected chi connectivity index (χ4v) is 6.30. The van der Waals surface area contributed by atoms with Crippen molar-refractivity contribution in [2.75, 3.05) is 13.7 Å². The fourth-order valence-electron chi connectivity index (χ4n) is 4.75. The van der Waals surface area contributed by atoms with Crippen LogP contribution in [-0.2, 0) is 14.8 Å². The van der Waals surface area contributed by atoms with E-state index in [0.29, 0.717) is 17.8 Å². The number of aromatic nitrogens is 1. The minimum absolute atomic E-state index is 0.0498. The van der Waals surface area contributed by atoms with E-state index >= 15 is 0 Å². The molecule has 1 aromatic heterocycles. The first kappa shape index (κ1) is 21.3. The van der Waals surface area contributed by atoms with Crippen LogP contribution in [0.1, 0.15) is 24.2 Å². The summed E-state index contributed by atoms with van der Waals surface area (Å²) in [6.45, 7) is 2.33. The molecule has 5 rings (SSSR count). The number of methoxy groups -OCH3 is 1. The molecule has 1 aliphatic carbocycles. The van der Waals surface area contributed by atoms with Crippen molar-refractivity contribution in [3.63, 3.8) is 0 Å². The highest BCUT2D eigenvalue weighted by atomic mass is 32.2. The van der Waals surface area contributed by atoms with E-state index in [1.54, 1.807) is 41.3 Å². The van der Waals surface area contributed by atoms with Gasteiger partial charge in [-0.15, -0.1) is 0 Å². The standard InChI is InChI=1S/C26H24N2O4S/c1-3-18-17-27(26(29)32-2)23-15-13-19(18)14-16-24-25(23)21-11-7-8-12-22(21)28(24)33(30,31)20-9-5-4-6-10-20/h3-16,19,23H,17H2,1-2H3/b16-14-,18-3+/t19-,23+/m1/s1. The third-order valence-electron chi connectivity index (χ3n) is 6.34. The van der Waals surface area contributed by atoms with Gasteiger partial charge < -0.3 is 4.74 Å². The molecule has 7 heteroatoms. The molecule has 3 aromatic rings. The van der Waals surface area contributed by atoms with Crippen LogP contribution in [-0.4, -0.2) is 37.0 Å². The monoisotopic (exact) mass is 460 g/mol. The Balaban J connectivity index is 1.87. The molecule has 0 spiro atoms. The van der Waals surface area contributed by atoms with Crippen LogP contribution in [0.25, 0.3) is 17.0 Å². The summed E-state index contributed by atoms with van der Waals surface area (Å²) in [5.74, 6) is -0.0498. The van der Waals surface area contributed by atoms with Gasteiger partial charge in [-0.05, 0) is 36.8 Å². The summed E-state index contributed by atoms with van der Waals surface area (Å²) in [5, 5.41) is 0.780. The number of amides is 1. The van der Waals surface area contributed by atoms with Gasteiger partial charge in [-0.25, -0.2) is 17.2 Å². The molecule has 0 saturated carbocycles. The quantitative estimate of drug-likeness (QED) is 0.496. The largest absolute Gasteiger partial charge is 0.453 e. The van der Waals surface area contributed by atoms with Gasteiger partial charge in [0.15, 0.2) is 0 Å². The molecule has 0 unspecified atom stereocenters. The first-order chi connectivity index (χ1) is 16.0. The molecule has 1 amide bonds. The van der Waals surface area contributed by atoms with E-state index < -0.39 is 22.2 Å². The minimum Gasteiger partial charge on any atom is -0.453 e. The van der Waals surface area contributed by atoms with Crippen LogP contribution in [0.15, 0.2) is 89.4 Å². The number of carbonyl (C=O) groups excluding carboxylic acids is 1. The van der Waals surface area contributed by atoms with Gasteiger partial charge in [0.25, 0.3) is 10.0 Å². The molecule has 33 heavy (non-hydrogen) atoms. The van der Waals surface area contributed by atoms with E-state index in [9.17, 15) is 13.2 Å². The second-order valence-electron chi connectivity index (χ2n) is 8.07. The zero-order valence-electron chi connectivity index (χ0n) is 18.4. The summed E-state index contributed by atoms with van der Waals surface area (Å²) in [7, 11) is -2.53. The highest BCUT2D eigenvalue weighted by Gasteiger charge is 2.36. The van der Waals surface area contributed by atoms with Gasteiger partial charge >= 0.3 is 6.09 Å². The maximum absolute atomic E-state index is 13.9. The molecule has 168 valence electrons. The molecule has 0 radical (unpaired) electrons. The van der Waals surface area contributed by atoms with Crippen LogP contribution >= 0.6 is 0 Å². The molecule has 2 bridgehead atoms. The molecule has 0 N–H and O–H groups in total. The summed E-state index contributed by atoms with van der Waals surface area (Å²) in [6.07, 6.45) is 9.46. The topological polar surface area (TPSA) is 68.6 Å². The molecular formula is C26H24N2O4S. The molecule has 2 aromatic carbocycles. The SMILES string of the molecule is C/C=C1\CN(C(=O)OC)[C@H]2C=C[C@@H]1/C=C\c1c2c2ccccc2n1S(=O)(=O)c1ccccc1. The molecule has 2 heterocycles. The van der Waals surface area contributed by atoms with Crippen LogP contribution in [0.4, 0.5) is 4.79 Å². The number of fused-ring (bicyclic) bond motifs is 6. The van der Waals surface area contributed by atoms with Gasteiger partial charge in [-0.2, -0.15) is 0 Å². The second-order valence-corrected chi connectivity index (χ2v) is 9.86.